The molecule has 1 rings (SSSR count). The minimum absolute atomic E-state index is 0.0527. The second-order valence-corrected chi connectivity index (χ2v) is 5.61. The van der Waals surface area contributed by atoms with Crippen molar-refractivity contribution < 1.29 is 4.79 Å². The summed E-state index contributed by atoms with van der Waals surface area (Å²) in [6, 6.07) is 2.42. The van der Waals surface area contributed by atoms with Gasteiger partial charge in [-0.05, 0) is 25.7 Å². The highest BCUT2D eigenvalue weighted by Gasteiger charge is 2.39. The molecule has 96 valence electrons. The molecule has 3 heteroatoms. The van der Waals surface area contributed by atoms with Crippen molar-refractivity contribution in [1.82, 2.24) is 5.32 Å². The van der Waals surface area contributed by atoms with Crippen molar-refractivity contribution >= 4 is 5.91 Å². The average Bonchev–Trinajstić information content (AvgIpc) is 2.54. The fourth-order valence-corrected chi connectivity index (χ4v) is 2.23. The average molecular weight is 236 g/mol. The summed E-state index contributed by atoms with van der Waals surface area (Å²) in [5, 5.41) is 12.4. The van der Waals surface area contributed by atoms with Gasteiger partial charge in [-0.3, -0.25) is 4.79 Å². The van der Waals surface area contributed by atoms with Crippen LogP contribution in [-0.4, -0.2) is 11.9 Å². The van der Waals surface area contributed by atoms with E-state index in [0.29, 0.717) is 5.92 Å². The van der Waals surface area contributed by atoms with Gasteiger partial charge in [-0.1, -0.05) is 39.5 Å². The lowest BCUT2D eigenvalue weighted by Crippen LogP contribution is -2.45. The summed E-state index contributed by atoms with van der Waals surface area (Å²) in [5.74, 6) is 0.351. The normalized spacial score (nSPS) is 21.4. The number of carbonyl (C=O) groups excluding carboxylic acids is 1. The Labute approximate surface area is 105 Å². The van der Waals surface area contributed by atoms with Crippen LogP contribution >= 0.6 is 0 Å². The minimum Gasteiger partial charge on any atom is -0.352 e. The molecule has 0 heterocycles. The Bertz CT molecular complexity index is 296. The van der Waals surface area contributed by atoms with Crippen LogP contribution in [0.25, 0.3) is 0 Å². The van der Waals surface area contributed by atoms with Gasteiger partial charge in [0.15, 0.2) is 0 Å². The molecule has 0 aromatic carbocycles. The van der Waals surface area contributed by atoms with Gasteiger partial charge in [0, 0.05) is 6.04 Å². The maximum Gasteiger partial charge on any atom is 0.240 e. The lowest BCUT2D eigenvalue weighted by Gasteiger charge is -2.27. The molecule has 1 fully saturated rings. The SMILES string of the molecule is CC(C)C(C)NC(=O)C1(C#N)CCCCCC1. The first-order valence-electron chi connectivity index (χ1n) is 6.74. The predicted molar refractivity (Wildman–Crippen MR) is 68.2 cm³/mol. The van der Waals surface area contributed by atoms with E-state index < -0.39 is 5.41 Å². The Morgan fingerprint density at radius 3 is 2.12 bits per heavy atom. The standard InChI is InChI=1S/C14H24N2O/c1-11(2)12(3)16-13(17)14(10-15)8-6-4-5-7-9-14/h11-12H,4-9H2,1-3H3,(H,16,17). The molecule has 1 unspecified atom stereocenters. The summed E-state index contributed by atoms with van der Waals surface area (Å²) in [6.45, 7) is 6.17. The molecule has 0 aromatic rings. The summed E-state index contributed by atoms with van der Waals surface area (Å²) in [5.41, 5.74) is -0.764. The third kappa shape index (κ3) is 3.46. The number of nitriles is 1. The van der Waals surface area contributed by atoms with Crippen LogP contribution in [-0.2, 0) is 4.79 Å². The smallest absolute Gasteiger partial charge is 0.240 e. The number of hydrogen-bond acceptors (Lipinski definition) is 2. The van der Waals surface area contributed by atoms with Crippen LogP contribution in [0.2, 0.25) is 0 Å². The highest BCUT2D eigenvalue weighted by atomic mass is 16.2. The topological polar surface area (TPSA) is 52.9 Å². The molecule has 0 aromatic heterocycles. The van der Waals surface area contributed by atoms with E-state index in [4.69, 9.17) is 0 Å². The number of carbonyl (C=O) groups is 1. The van der Waals surface area contributed by atoms with Crippen LogP contribution < -0.4 is 5.32 Å². The zero-order valence-corrected chi connectivity index (χ0v) is 11.3. The van der Waals surface area contributed by atoms with E-state index in [1.165, 1.54) is 0 Å². The molecule has 1 aliphatic carbocycles. The zero-order valence-electron chi connectivity index (χ0n) is 11.3. The maximum absolute atomic E-state index is 12.3. The first kappa shape index (κ1) is 14.0. The van der Waals surface area contributed by atoms with E-state index in [-0.39, 0.29) is 11.9 Å². The van der Waals surface area contributed by atoms with E-state index >= 15 is 0 Å². The Morgan fingerprint density at radius 2 is 1.71 bits per heavy atom. The zero-order chi connectivity index (χ0) is 12.9. The van der Waals surface area contributed by atoms with Crippen LogP contribution in [0.3, 0.4) is 0 Å². The molecule has 1 N–H and O–H groups in total. The molecule has 1 aliphatic rings. The molecule has 0 radical (unpaired) electrons. The van der Waals surface area contributed by atoms with Gasteiger partial charge in [0.25, 0.3) is 0 Å². The van der Waals surface area contributed by atoms with Gasteiger partial charge in [-0.15, -0.1) is 0 Å². The van der Waals surface area contributed by atoms with Crippen molar-refractivity contribution in [3.8, 4) is 6.07 Å². The second kappa shape index (κ2) is 6.05. The van der Waals surface area contributed by atoms with Gasteiger partial charge in [0.1, 0.15) is 5.41 Å². The lowest BCUT2D eigenvalue weighted by molar-refractivity contribution is -0.129. The molecule has 1 saturated carbocycles. The molecule has 1 atom stereocenters. The molecule has 0 saturated heterocycles. The largest absolute Gasteiger partial charge is 0.352 e. The monoisotopic (exact) mass is 236 g/mol. The Kier molecular flexibility index (Phi) is 4.99. The van der Waals surface area contributed by atoms with E-state index in [2.05, 4.69) is 25.2 Å². The van der Waals surface area contributed by atoms with E-state index in [1.54, 1.807) is 0 Å². The van der Waals surface area contributed by atoms with Crippen molar-refractivity contribution in [2.45, 2.75) is 65.3 Å². The number of rotatable bonds is 3. The third-order valence-corrected chi connectivity index (χ3v) is 3.96. The van der Waals surface area contributed by atoms with Crippen molar-refractivity contribution in [3.63, 3.8) is 0 Å². The van der Waals surface area contributed by atoms with Crippen molar-refractivity contribution in [2.75, 3.05) is 0 Å². The van der Waals surface area contributed by atoms with Crippen LogP contribution in [0, 0.1) is 22.7 Å². The number of nitrogens with zero attached hydrogens (tertiary/aromatic N) is 1. The second-order valence-electron chi connectivity index (χ2n) is 5.61. The quantitative estimate of drug-likeness (QED) is 0.766. The number of amides is 1. The maximum atomic E-state index is 12.3. The first-order chi connectivity index (χ1) is 8.02. The van der Waals surface area contributed by atoms with Gasteiger partial charge in [-0.25, -0.2) is 0 Å². The molecule has 3 nitrogen and oxygen atoms in total. The molecule has 0 aliphatic heterocycles. The summed E-state index contributed by atoms with van der Waals surface area (Å²) in [4.78, 5) is 12.3. The lowest BCUT2D eigenvalue weighted by atomic mass is 9.80. The number of hydrogen-bond donors (Lipinski definition) is 1. The fraction of sp³-hybridized carbons (Fsp3) is 0.857. The van der Waals surface area contributed by atoms with Gasteiger partial charge in [0.2, 0.25) is 5.91 Å². The molecule has 0 bridgehead atoms. The van der Waals surface area contributed by atoms with Crippen LogP contribution in [0.1, 0.15) is 59.3 Å². The van der Waals surface area contributed by atoms with Gasteiger partial charge < -0.3 is 5.32 Å². The minimum atomic E-state index is -0.764. The van der Waals surface area contributed by atoms with E-state index in [9.17, 15) is 10.1 Å². The van der Waals surface area contributed by atoms with Crippen LogP contribution in [0.5, 0.6) is 0 Å². The Balaban J connectivity index is 2.72. The van der Waals surface area contributed by atoms with Gasteiger partial charge in [0.05, 0.1) is 6.07 Å². The molecule has 17 heavy (non-hydrogen) atoms. The Morgan fingerprint density at radius 1 is 1.18 bits per heavy atom. The van der Waals surface area contributed by atoms with Gasteiger partial charge in [-0.2, -0.15) is 5.26 Å². The number of nitrogens with one attached hydrogen (secondary N) is 1. The van der Waals surface area contributed by atoms with Gasteiger partial charge >= 0.3 is 0 Å². The Hall–Kier alpha value is -1.04. The summed E-state index contributed by atoms with van der Waals surface area (Å²) >= 11 is 0. The molecular weight excluding hydrogens is 212 g/mol. The van der Waals surface area contributed by atoms with Crippen molar-refractivity contribution in [3.05, 3.63) is 0 Å². The molecule has 1 amide bonds. The molecular formula is C14H24N2O. The van der Waals surface area contributed by atoms with Crippen LogP contribution in [0.4, 0.5) is 0 Å². The van der Waals surface area contributed by atoms with E-state index in [0.717, 1.165) is 38.5 Å². The summed E-state index contributed by atoms with van der Waals surface area (Å²) in [6.07, 6.45) is 5.74. The van der Waals surface area contributed by atoms with E-state index in [1.807, 2.05) is 6.92 Å². The highest BCUT2D eigenvalue weighted by Crippen LogP contribution is 2.34. The van der Waals surface area contributed by atoms with Crippen LogP contribution in [0.15, 0.2) is 0 Å². The fourth-order valence-electron chi connectivity index (χ4n) is 2.23. The predicted octanol–water partition coefficient (Wildman–Crippen LogP) is 3.01. The highest BCUT2D eigenvalue weighted by molar-refractivity contribution is 5.85. The van der Waals surface area contributed by atoms with Crippen molar-refractivity contribution in [2.24, 2.45) is 11.3 Å². The summed E-state index contributed by atoms with van der Waals surface area (Å²) in [7, 11) is 0. The summed E-state index contributed by atoms with van der Waals surface area (Å²) < 4.78 is 0. The first-order valence-corrected chi connectivity index (χ1v) is 6.74. The van der Waals surface area contributed by atoms with Crippen molar-refractivity contribution in [1.29, 1.82) is 5.26 Å². The molecule has 0 spiro atoms. The third-order valence-electron chi connectivity index (χ3n) is 3.96.